The minimum Gasteiger partial charge on any atom is -0.458 e. The summed E-state index contributed by atoms with van der Waals surface area (Å²) in [5.74, 6) is -2.98. The van der Waals surface area contributed by atoms with Gasteiger partial charge in [-0.25, -0.2) is 0 Å². The lowest BCUT2D eigenvalue weighted by molar-refractivity contribution is -0.230. The van der Waals surface area contributed by atoms with E-state index >= 15 is 0 Å². The van der Waals surface area contributed by atoms with Crippen LogP contribution in [0.2, 0.25) is 0 Å². The van der Waals surface area contributed by atoms with Gasteiger partial charge in [0.1, 0.15) is 18.0 Å². The molecule has 2 rings (SSSR count). The van der Waals surface area contributed by atoms with Crippen LogP contribution in [0.3, 0.4) is 0 Å². The molecule has 0 aliphatic carbocycles. The molecule has 156 valence electrons. The zero-order chi connectivity index (χ0) is 20.6. The van der Waals surface area contributed by atoms with Crippen molar-refractivity contribution in [1.29, 1.82) is 0 Å². The first-order chi connectivity index (χ1) is 12.3. The van der Waals surface area contributed by atoms with Gasteiger partial charge in [0.05, 0.1) is 6.10 Å². The molecule has 2 aliphatic heterocycles. The second kappa shape index (κ2) is 8.00. The SMILES string of the molecule is CC(=O)O[C@@H]1[C@H]2OC(C)(C)O[C@H]2O[C@@H]1[C@@H](CS(=O)(=O)OC(C)C)OC(C)=O. The second-order valence-electron chi connectivity index (χ2n) is 7.16. The molecular weight excluding hydrogens is 384 g/mol. The van der Waals surface area contributed by atoms with Crippen molar-refractivity contribution in [3.05, 3.63) is 0 Å². The summed E-state index contributed by atoms with van der Waals surface area (Å²) in [6, 6.07) is 0. The maximum atomic E-state index is 12.2. The van der Waals surface area contributed by atoms with Crippen LogP contribution in [0.1, 0.15) is 41.5 Å². The summed E-state index contributed by atoms with van der Waals surface area (Å²) < 4.78 is 56.9. The number of esters is 2. The van der Waals surface area contributed by atoms with Gasteiger partial charge in [-0.15, -0.1) is 0 Å². The van der Waals surface area contributed by atoms with Crippen LogP contribution in [0.5, 0.6) is 0 Å². The summed E-state index contributed by atoms with van der Waals surface area (Å²) in [5, 5.41) is 0. The molecule has 0 N–H and O–H groups in total. The van der Waals surface area contributed by atoms with E-state index in [0.717, 1.165) is 6.92 Å². The van der Waals surface area contributed by atoms with Crippen LogP contribution < -0.4 is 0 Å². The molecular formula is C16H26O10S. The van der Waals surface area contributed by atoms with E-state index in [2.05, 4.69) is 0 Å². The van der Waals surface area contributed by atoms with E-state index in [4.69, 9.17) is 27.9 Å². The molecule has 0 unspecified atom stereocenters. The maximum Gasteiger partial charge on any atom is 0.303 e. The van der Waals surface area contributed by atoms with Crippen LogP contribution in [0.15, 0.2) is 0 Å². The molecule has 0 bridgehead atoms. The van der Waals surface area contributed by atoms with Gasteiger partial charge in [0.15, 0.2) is 24.3 Å². The van der Waals surface area contributed by atoms with Crippen molar-refractivity contribution in [1.82, 2.24) is 0 Å². The average molecular weight is 410 g/mol. The van der Waals surface area contributed by atoms with Crippen LogP contribution >= 0.6 is 0 Å². The Bertz CT molecular complexity index is 671. The molecule has 0 spiro atoms. The number of hydrogen-bond donors (Lipinski definition) is 0. The van der Waals surface area contributed by atoms with Gasteiger partial charge in [0.25, 0.3) is 10.1 Å². The van der Waals surface area contributed by atoms with Crippen LogP contribution in [-0.4, -0.2) is 68.7 Å². The molecule has 0 radical (unpaired) electrons. The van der Waals surface area contributed by atoms with Gasteiger partial charge < -0.3 is 23.7 Å². The van der Waals surface area contributed by atoms with Gasteiger partial charge in [0, 0.05) is 13.8 Å². The van der Waals surface area contributed by atoms with Crippen molar-refractivity contribution in [3.8, 4) is 0 Å². The van der Waals surface area contributed by atoms with Gasteiger partial charge in [-0.1, -0.05) is 0 Å². The normalized spacial score (nSPS) is 30.8. The molecule has 0 aromatic carbocycles. The summed E-state index contributed by atoms with van der Waals surface area (Å²) >= 11 is 0. The summed E-state index contributed by atoms with van der Waals surface area (Å²) in [4.78, 5) is 23.1. The third-order valence-electron chi connectivity index (χ3n) is 3.72. The first-order valence-corrected chi connectivity index (χ1v) is 10.1. The molecule has 27 heavy (non-hydrogen) atoms. The first kappa shape index (κ1) is 22.0. The Morgan fingerprint density at radius 2 is 1.74 bits per heavy atom. The van der Waals surface area contributed by atoms with Crippen LogP contribution in [0.4, 0.5) is 0 Å². The minimum absolute atomic E-state index is 0.589. The summed E-state index contributed by atoms with van der Waals surface area (Å²) in [5.41, 5.74) is 0. The molecule has 2 heterocycles. The number of fused-ring (bicyclic) bond motifs is 1. The standard InChI is InChI=1S/C16H26O10S/c1-8(2)26-27(19,20)7-11(21-9(3)17)12-13(22-10(4)18)14-15(23-12)25-16(5,6)24-14/h8,11-15H,7H2,1-6H3/t11-,12-,13+,14-,15-/m1/s1. The summed E-state index contributed by atoms with van der Waals surface area (Å²) in [6.07, 6.45) is -5.69. The van der Waals surface area contributed by atoms with Gasteiger partial charge in [0.2, 0.25) is 0 Å². The van der Waals surface area contributed by atoms with Crippen molar-refractivity contribution in [2.24, 2.45) is 0 Å². The highest BCUT2D eigenvalue weighted by Gasteiger charge is 2.59. The highest BCUT2D eigenvalue weighted by Crippen LogP contribution is 2.40. The van der Waals surface area contributed by atoms with Gasteiger partial charge in [-0.3, -0.25) is 13.8 Å². The van der Waals surface area contributed by atoms with E-state index in [0.29, 0.717) is 0 Å². The molecule has 11 heteroatoms. The third-order valence-corrected chi connectivity index (χ3v) is 5.14. The fourth-order valence-electron chi connectivity index (χ4n) is 3.07. The van der Waals surface area contributed by atoms with E-state index in [9.17, 15) is 18.0 Å². The summed E-state index contributed by atoms with van der Waals surface area (Å²) in [6.45, 7) is 8.78. The molecule has 5 atom stereocenters. The zero-order valence-corrected chi connectivity index (χ0v) is 17.0. The van der Waals surface area contributed by atoms with Crippen molar-refractivity contribution < 1.29 is 45.9 Å². The van der Waals surface area contributed by atoms with Gasteiger partial charge in [-0.2, -0.15) is 8.42 Å². The molecule has 0 saturated carbocycles. The Balaban J connectivity index is 2.27. The maximum absolute atomic E-state index is 12.2. The molecule has 10 nitrogen and oxygen atoms in total. The van der Waals surface area contributed by atoms with Crippen LogP contribution in [-0.2, 0) is 47.6 Å². The Hall–Kier alpha value is -1.27. The van der Waals surface area contributed by atoms with Crippen molar-refractivity contribution in [3.63, 3.8) is 0 Å². The molecule has 2 aliphatic rings. The molecule has 0 amide bonds. The molecule has 2 fully saturated rings. The third kappa shape index (κ3) is 5.85. The molecule has 2 saturated heterocycles. The lowest BCUT2D eigenvalue weighted by Gasteiger charge is -2.30. The van der Waals surface area contributed by atoms with E-state index in [1.54, 1.807) is 27.7 Å². The van der Waals surface area contributed by atoms with Crippen molar-refractivity contribution in [2.75, 3.05) is 5.75 Å². The Morgan fingerprint density at radius 3 is 2.26 bits per heavy atom. The summed E-state index contributed by atoms with van der Waals surface area (Å²) in [7, 11) is -4.04. The van der Waals surface area contributed by atoms with Crippen molar-refractivity contribution >= 4 is 22.1 Å². The van der Waals surface area contributed by atoms with Crippen molar-refractivity contribution in [2.45, 2.75) is 84.1 Å². The highest BCUT2D eigenvalue weighted by atomic mass is 32.2. The largest absolute Gasteiger partial charge is 0.458 e. The van der Waals surface area contributed by atoms with E-state index in [-0.39, 0.29) is 0 Å². The fourth-order valence-corrected chi connectivity index (χ4v) is 4.40. The first-order valence-electron chi connectivity index (χ1n) is 8.56. The van der Waals surface area contributed by atoms with E-state index in [1.807, 2.05) is 0 Å². The monoisotopic (exact) mass is 410 g/mol. The number of carbonyl (C=O) groups excluding carboxylic acids is 2. The second-order valence-corrected chi connectivity index (χ2v) is 8.80. The Labute approximate surface area is 158 Å². The van der Waals surface area contributed by atoms with Gasteiger partial charge >= 0.3 is 11.9 Å². The van der Waals surface area contributed by atoms with Gasteiger partial charge in [-0.05, 0) is 27.7 Å². The van der Waals surface area contributed by atoms with Crippen LogP contribution in [0, 0.1) is 0 Å². The lowest BCUT2D eigenvalue weighted by atomic mass is 10.1. The van der Waals surface area contributed by atoms with E-state index in [1.165, 1.54) is 6.92 Å². The predicted octanol–water partition coefficient (Wildman–Crippen LogP) is 0.481. The Kier molecular flexibility index (Phi) is 6.52. The molecule has 0 aromatic rings. The fraction of sp³-hybridized carbons (Fsp3) is 0.875. The van der Waals surface area contributed by atoms with E-state index < -0.39 is 70.4 Å². The zero-order valence-electron chi connectivity index (χ0n) is 16.2. The number of hydrogen-bond acceptors (Lipinski definition) is 10. The number of carbonyl (C=O) groups is 2. The molecule has 0 aromatic heterocycles. The topological polar surface area (TPSA) is 124 Å². The number of ether oxygens (including phenoxy) is 5. The highest BCUT2D eigenvalue weighted by molar-refractivity contribution is 7.86. The number of rotatable bonds is 7. The van der Waals surface area contributed by atoms with Crippen LogP contribution in [0.25, 0.3) is 0 Å². The smallest absolute Gasteiger partial charge is 0.303 e. The predicted molar refractivity (Wildman–Crippen MR) is 89.8 cm³/mol. The quantitative estimate of drug-likeness (QED) is 0.432. The minimum atomic E-state index is -4.04. The lowest BCUT2D eigenvalue weighted by Crippen LogP contribution is -2.47. The Morgan fingerprint density at radius 1 is 1.11 bits per heavy atom. The average Bonchev–Trinajstić information content (AvgIpc) is 2.88.